The molecule has 9 heavy (non-hydrogen) atoms. The molecule has 0 saturated heterocycles. The summed E-state index contributed by atoms with van der Waals surface area (Å²) in [7, 11) is 0. The van der Waals surface area contributed by atoms with Crippen molar-refractivity contribution in [1.82, 2.24) is 0 Å². The van der Waals surface area contributed by atoms with Gasteiger partial charge in [0.25, 0.3) is 0 Å². The molecule has 0 aliphatic carbocycles. The summed E-state index contributed by atoms with van der Waals surface area (Å²) in [6.07, 6.45) is 5.07. The third-order valence-corrected chi connectivity index (χ3v) is 0.799. The van der Waals surface area contributed by atoms with Gasteiger partial charge in [-0.05, 0) is 19.4 Å². The van der Waals surface area contributed by atoms with Crippen LogP contribution in [0.3, 0.4) is 0 Å². The summed E-state index contributed by atoms with van der Waals surface area (Å²) in [5.74, 6) is -0.398. The standard InChI is InChI=1S/C7H11NO/c1-3-4-6(2)5-7(8)9/h3-5H,1-2H3,(H2,8,9). The Morgan fingerprint density at radius 1 is 1.56 bits per heavy atom. The molecule has 1 amide bonds. The molecule has 0 aromatic rings. The van der Waals surface area contributed by atoms with Gasteiger partial charge in [0, 0.05) is 6.08 Å². The molecule has 0 unspecified atom stereocenters. The first-order valence-corrected chi connectivity index (χ1v) is 2.77. The molecule has 0 aromatic heterocycles. The molecule has 2 N–H and O–H groups in total. The summed E-state index contributed by atoms with van der Waals surface area (Å²) in [5.41, 5.74) is 5.75. The summed E-state index contributed by atoms with van der Waals surface area (Å²) in [4.78, 5) is 10.2. The van der Waals surface area contributed by atoms with Crippen molar-refractivity contribution < 1.29 is 4.79 Å². The van der Waals surface area contributed by atoms with Crippen LogP contribution in [0.15, 0.2) is 23.8 Å². The Kier molecular flexibility index (Phi) is 3.44. The van der Waals surface area contributed by atoms with E-state index in [1.807, 2.05) is 26.0 Å². The molecule has 0 heterocycles. The maximum Gasteiger partial charge on any atom is 0.241 e. The first-order chi connectivity index (χ1) is 4.16. The third-order valence-electron chi connectivity index (χ3n) is 0.799. The van der Waals surface area contributed by atoms with Crippen LogP contribution in [0.5, 0.6) is 0 Å². The van der Waals surface area contributed by atoms with Crippen LogP contribution in [0.25, 0.3) is 0 Å². The van der Waals surface area contributed by atoms with E-state index in [0.717, 1.165) is 5.57 Å². The van der Waals surface area contributed by atoms with Crippen LogP contribution in [-0.4, -0.2) is 5.91 Å². The average molecular weight is 125 g/mol. The Labute approximate surface area is 55.1 Å². The van der Waals surface area contributed by atoms with Gasteiger partial charge in [-0.3, -0.25) is 4.79 Å². The molecular weight excluding hydrogens is 114 g/mol. The molecule has 0 radical (unpaired) electrons. The lowest BCUT2D eigenvalue weighted by molar-refractivity contribution is -0.113. The monoisotopic (exact) mass is 125 g/mol. The van der Waals surface area contributed by atoms with Crippen molar-refractivity contribution in [2.75, 3.05) is 0 Å². The van der Waals surface area contributed by atoms with Gasteiger partial charge in [0.05, 0.1) is 0 Å². The Bertz CT molecular complexity index is 156. The van der Waals surface area contributed by atoms with Crippen molar-refractivity contribution in [2.24, 2.45) is 5.73 Å². The van der Waals surface area contributed by atoms with E-state index in [1.54, 1.807) is 0 Å². The number of carbonyl (C=O) groups is 1. The molecule has 0 aliphatic heterocycles. The van der Waals surface area contributed by atoms with Gasteiger partial charge in [0.2, 0.25) is 5.91 Å². The van der Waals surface area contributed by atoms with Crippen LogP contribution >= 0.6 is 0 Å². The predicted molar refractivity (Wildman–Crippen MR) is 37.8 cm³/mol. The van der Waals surface area contributed by atoms with E-state index < -0.39 is 5.91 Å². The summed E-state index contributed by atoms with van der Waals surface area (Å²) < 4.78 is 0. The van der Waals surface area contributed by atoms with Crippen LogP contribution in [0.1, 0.15) is 13.8 Å². The maximum atomic E-state index is 10.2. The Hall–Kier alpha value is -1.05. The number of carbonyl (C=O) groups excluding carboxylic acids is 1. The normalized spacial score (nSPS) is 12.4. The van der Waals surface area contributed by atoms with Gasteiger partial charge in [-0.1, -0.05) is 12.2 Å². The van der Waals surface area contributed by atoms with Gasteiger partial charge in [0.15, 0.2) is 0 Å². The first kappa shape index (κ1) is 7.95. The fraction of sp³-hybridized carbons (Fsp3) is 0.286. The van der Waals surface area contributed by atoms with Gasteiger partial charge in [-0.2, -0.15) is 0 Å². The zero-order chi connectivity index (χ0) is 7.28. The van der Waals surface area contributed by atoms with Crippen LogP contribution < -0.4 is 5.73 Å². The van der Waals surface area contributed by atoms with Crippen molar-refractivity contribution in [3.63, 3.8) is 0 Å². The highest BCUT2D eigenvalue weighted by Gasteiger charge is 1.84. The molecule has 2 nitrogen and oxygen atoms in total. The SMILES string of the molecule is CC=CC(C)=CC(N)=O. The molecule has 2 heteroatoms. The highest BCUT2D eigenvalue weighted by atomic mass is 16.1. The zero-order valence-electron chi connectivity index (χ0n) is 5.72. The molecule has 0 saturated carbocycles. The second kappa shape index (κ2) is 3.89. The van der Waals surface area contributed by atoms with Crippen molar-refractivity contribution in [1.29, 1.82) is 0 Å². The minimum atomic E-state index is -0.398. The molecule has 0 bridgehead atoms. The number of nitrogens with two attached hydrogens (primary N) is 1. The van der Waals surface area contributed by atoms with Gasteiger partial charge in [-0.25, -0.2) is 0 Å². The highest BCUT2D eigenvalue weighted by Crippen LogP contribution is 1.91. The largest absolute Gasteiger partial charge is 0.366 e. The van der Waals surface area contributed by atoms with Crippen LogP contribution in [-0.2, 0) is 4.79 Å². The van der Waals surface area contributed by atoms with E-state index in [2.05, 4.69) is 0 Å². The fourth-order valence-electron chi connectivity index (χ4n) is 0.535. The van der Waals surface area contributed by atoms with Crippen molar-refractivity contribution in [3.05, 3.63) is 23.8 Å². The second-order valence-electron chi connectivity index (χ2n) is 1.79. The first-order valence-electron chi connectivity index (χ1n) is 2.77. The smallest absolute Gasteiger partial charge is 0.241 e. The van der Waals surface area contributed by atoms with Gasteiger partial charge in [-0.15, -0.1) is 0 Å². The average Bonchev–Trinajstić information content (AvgIpc) is 1.63. The summed E-state index contributed by atoms with van der Waals surface area (Å²) in [6.45, 7) is 3.71. The summed E-state index contributed by atoms with van der Waals surface area (Å²) in [6, 6.07) is 0. The van der Waals surface area contributed by atoms with Gasteiger partial charge < -0.3 is 5.73 Å². The predicted octanol–water partition coefficient (Wildman–Crippen LogP) is 0.994. The van der Waals surface area contributed by atoms with E-state index in [-0.39, 0.29) is 0 Å². The molecule has 0 aromatic carbocycles. The lowest BCUT2D eigenvalue weighted by Crippen LogP contribution is -2.06. The second-order valence-corrected chi connectivity index (χ2v) is 1.79. The quantitative estimate of drug-likeness (QED) is 0.434. The molecule has 0 rings (SSSR count). The van der Waals surface area contributed by atoms with E-state index in [9.17, 15) is 4.79 Å². The van der Waals surface area contributed by atoms with E-state index in [4.69, 9.17) is 5.73 Å². The highest BCUT2D eigenvalue weighted by molar-refractivity contribution is 5.86. The van der Waals surface area contributed by atoms with Gasteiger partial charge >= 0.3 is 0 Å². The maximum absolute atomic E-state index is 10.2. The minimum Gasteiger partial charge on any atom is -0.366 e. The number of amides is 1. The third kappa shape index (κ3) is 4.81. The lowest BCUT2D eigenvalue weighted by Gasteiger charge is -1.85. The zero-order valence-corrected chi connectivity index (χ0v) is 5.72. The van der Waals surface area contributed by atoms with Crippen LogP contribution in [0, 0.1) is 0 Å². The molecular formula is C7H11NO. The molecule has 0 spiro atoms. The Balaban J connectivity index is 4.00. The molecule has 50 valence electrons. The Morgan fingerprint density at radius 2 is 2.11 bits per heavy atom. The van der Waals surface area contributed by atoms with Crippen LogP contribution in [0.2, 0.25) is 0 Å². The number of hydrogen-bond donors (Lipinski definition) is 1. The Morgan fingerprint density at radius 3 is 2.44 bits per heavy atom. The number of primary amides is 1. The van der Waals surface area contributed by atoms with Gasteiger partial charge in [0.1, 0.15) is 0 Å². The lowest BCUT2D eigenvalue weighted by atomic mass is 10.2. The van der Waals surface area contributed by atoms with E-state index in [0.29, 0.717) is 0 Å². The topological polar surface area (TPSA) is 43.1 Å². The number of rotatable bonds is 2. The molecule has 0 atom stereocenters. The van der Waals surface area contributed by atoms with E-state index in [1.165, 1.54) is 6.08 Å². The van der Waals surface area contributed by atoms with Crippen molar-refractivity contribution in [3.8, 4) is 0 Å². The fourth-order valence-corrected chi connectivity index (χ4v) is 0.535. The molecule has 0 fully saturated rings. The number of hydrogen-bond acceptors (Lipinski definition) is 1. The number of allylic oxidation sites excluding steroid dienone is 3. The van der Waals surface area contributed by atoms with Crippen molar-refractivity contribution >= 4 is 5.91 Å². The summed E-state index contributed by atoms with van der Waals surface area (Å²) in [5, 5.41) is 0. The van der Waals surface area contributed by atoms with E-state index >= 15 is 0 Å². The summed E-state index contributed by atoms with van der Waals surface area (Å²) >= 11 is 0. The van der Waals surface area contributed by atoms with Crippen molar-refractivity contribution in [2.45, 2.75) is 13.8 Å². The minimum absolute atomic E-state index is 0.398. The molecule has 0 aliphatic rings. The van der Waals surface area contributed by atoms with Crippen LogP contribution in [0.4, 0.5) is 0 Å².